The maximum absolute atomic E-state index is 13.3. The van der Waals surface area contributed by atoms with Crippen LogP contribution >= 0.6 is 0 Å². The van der Waals surface area contributed by atoms with Crippen LogP contribution in [0.3, 0.4) is 0 Å². The largest absolute Gasteiger partial charge is 0.417 e. The average Bonchev–Trinajstić information content (AvgIpc) is 2.68. The molecule has 2 aromatic rings. The molecule has 2 fully saturated rings. The Bertz CT molecular complexity index is 868. The molecule has 1 amide bonds. The molecule has 1 aliphatic carbocycles. The smallest absolute Gasteiger partial charge is 0.353 e. The van der Waals surface area contributed by atoms with Gasteiger partial charge in [-0.1, -0.05) is 18.6 Å². The van der Waals surface area contributed by atoms with Gasteiger partial charge in [0.05, 0.1) is 11.0 Å². The highest BCUT2D eigenvalue weighted by Crippen LogP contribution is 2.45. The van der Waals surface area contributed by atoms with Crippen molar-refractivity contribution in [3.8, 4) is 0 Å². The normalized spacial score (nSPS) is 19.0. The first kappa shape index (κ1) is 19.7. The SMILES string of the molecule is O=C(N1CCN(c2ccc(C(F)(F)F)cn2)CC1)C1(c2ccc(F)cc2)CCC1. The number of anilines is 1. The molecule has 4 nitrogen and oxygen atoms in total. The lowest BCUT2D eigenvalue weighted by atomic mass is 9.63. The van der Waals surface area contributed by atoms with Crippen LogP contribution in [0.1, 0.15) is 30.4 Å². The van der Waals surface area contributed by atoms with E-state index in [1.54, 1.807) is 12.1 Å². The van der Waals surface area contributed by atoms with E-state index in [2.05, 4.69) is 4.98 Å². The van der Waals surface area contributed by atoms with Crippen molar-refractivity contribution in [1.29, 1.82) is 0 Å². The number of carbonyl (C=O) groups excluding carboxylic acids is 1. The standard InChI is InChI=1S/C21H21F4N3O/c22-17-5-2-15(3-6-17)20(8-1-9-20)19(29)28-12-10-27(11-13-28)18-7-4-16(14-26-18)21(23,24)25/h2-7,14H,1,8-13H2. The molecule has 1 aliphatic heterocycles. The quantitative estimate of drug-likeness (QED) is 0.722. The van der Waals surface area contributed by atoms with Crippen molar-refractivity contribution in [2.24, 2.45) is 0 Å². The molecular formula is C21H21F4N3O. The second-order valence-corrected chi connectivity index (χ2v) is 7.62. The number of nitrogens with zero attached hydrogens (tertiary/aromatic N) is 3. The fourth-order valence-electron chi connectivity index (χ4n) is 4.11. The number of pyridine rings is 1. The molecule has 1 saturated carbocycles. The van der Waals surface area contributed by atoms with Crippen LogP contribution in [-0.2, 0) is 16.4 Å². The number of aromatic nitrogens is 1. The summed E-state index contributed by atoms with van der Waals surface area (Å²) in [5, 5.41) is 0. The fraction of sp³-hybridized carbons (Fsp3) is 0.429. The van der Waals surface area contributed by atoms with Gasteiger partial charge in [0.15, 0.2) is 0 Å². The monoisotopic (exact) mass is 407 g/mol. The summed E-state index contributed by atoms with van der Waals surface area (Å²) in [5.41, 5.74) is -0.508. The third-order valence-corrected chi connectivity index (χ3v) is 5.98. The summed E-state index contributed by atoms with van der Waals surface area (Å²) in [6.45, 7) is 1.96. The maximum Gasteiger partial charge on any atom is 0.417 e. The molecule has 0 spiro atoms. The van der Waals surface area contributed by atoms with Crippen molar-refractivity contribution in [3.63, 3.8) is 0 Å². The van der Waals surface area contributed by atoms with E-state index in [0.29, 0.717) is 32.0 Å². The Labute approximate surface area is 166 Å². The topological polar surface area (TPSA) is 36.4 Å². The summed E-state index contributed by atoms with van der Waals surface area (Å²) >= 11 is 0. The van der Waals surface area contributed by atoms with Crippen molar-refractivity contribution in [3.05, 3.63) is 59.5 Å². The lowest BCUT2D eigenvalue weighted by Crippen LogP contribution is -2.56. The minimum atomic E-state index is -4.41. The summed E-state index contributed by atoms with van der Waals surface area (Å²) in [6.07, 6.45) is -1.12. The van der Waals surface area contributed by atoms with Crippen molar-refractivity contribution in [2.75, 3.05) is 31.1 Å². The van der Waals surface area contributed by atoms with Crippen molar-refractivity contribution >= 4 is 11.7 Å². The van der Waals surface area contributed by atoms with E-state index in [0.717, 1.165) is 37.1 Å². The van der Waals surface area contributed by atoms with Crippen LogP contribution in [0.25, 0.3) is 0 Å². The van der Waals surface area contributed by atoms with Crippen molar-refractivity contribution in [2.45, 2.75) is 30.9 Å². The van der Waals surface area contributed by atoms with E-state index in [9.17, 15) is 22.4 Å². The summed E-state index contributed by atoms with van der Waals surface area (Å²) < 4.78 is 51.4. The zero-order chi connectivity index (χ0) is 20.6. The lowest BCUT2D eigenvalue weighted by Gasteiger charge is -2.46. The van der Waals surface area contributed by atoms with E-state index in [1.165, 1.54) is 18.2 Å². The van der Waals surface area contributed by atoms with Crippen LogP contribution in [0.4, 0.5) is 23.4 Å². The molecule has 0 atom stereocenters. The number of piperazine rings is 1. The molecule has 1 aromatic heterocycles. The van der Waals surface area contributed by atoms with Gasteiger partial charge < -0.3 is 9.80 Å². The predicted molar refractivity (Wildman–Crippen MR) is 100.0 cm³/mol. The Morgan fingerprint density at radius 2 is 1.62 bits per heavy atom. The summed E-state index contributed by atoms with van der Waals surface area (Å²) in [4.78, 5) is 20.9. The molecular weight excluding hydrogens is 386 g/mol. The van der Waals surface area contributed by atoms with Crippen LogP contribution < -0.4 is 4.90 Å². The second-order valence-electron chi connectivity index (χ2n) is 7.62. The first-order valence-corrected chi connectivity index (χ1v) is 9.63. The third-order valence-electron chi connectivity index (χ3n) is 5.98. The molecule has 1 saturated heterocycles. The van der Waals surface area contributed by atoms with E-state index in [-0.39, 0.29) is 11.7 Å². The second kappa shape index (κ2) is 7.31. The number of benzene rings is 1. The molecule has 154 valence electrons. The van der Waals surface area contributed by atoms with Gasteiger partial charge in [-0.25, -0.2) is 9.37 Å². The molecule has 8 heteroatoms. The summed E-state index contributed by atoms with van der Waals surface area (Å²) in [7, 11) is 0. The molecule has 1 aromatic carbocycles. The molecule has 0 bridgehead atoms. The van der Waals surface area contributed by atoms with Gasteiger partial charge in [-0.2, -0.15) is 13.2 Å². The zero-order valence-corrected chi connectivity index (χ0v) is 15.8. The first-order chi connectivity index (χ1) is 13.8. The summed E-state index contributed by atoms with van der Waals surface area (Å²) in [5.74, 6) is 0.200. The van der Waals surface area contributed by atoms with Gasteiger partial charge in [0, 0.05) is 32.4 Å². The third kappa shape index (κ3) is 3.68. The van der Waals surface area contributed by atoms with Crippen LogP contribution in [0.5, 0.6) is 0 Å². The van der Waals surface area contributed by atoms with Gasteiger partial charge in [-0.3, -0.25) is 4.79 Å². The first-order valence-electron chi connectivity index (χ1n) is 9.63. The van der Waals surface area contributed by atoms with E-state index in [4.69, 9.17) is 0 Å². The van der Waals surface area contributed by atoms with E-state index < -0.39 is 17.2 Å². The van der Waals surface area contributed by atoms with Gasteiger partial charge >= 0.3 is 6.18 Å². The van der Waals surface area contributed by atoms with Crippen LogP contribution in [-0.4, -0.2) is 42.0 Å². The van der Waals surface area contributed by atoms with Gasteiger partial charge in [0.25, 0.3) is 0 Å². The van der Waals surface area contributed by atoms with Crippen LogP contribution in [0, 0.1) is 5.82 Å². The molecule has 4 rings (SSSR count). The van der Waals surface area contributed by atoms with Gasteiger partial charge in [0.1, 0.15) is 11.6 Å². The Kier molecular flexibility index (Phi) is 4.96. The molecule has 0 unspecified atom stereocenters. The Balaban J connectivity index is 1.42. The highest BCUT2D eigenvalue weighted by Gasteiger charge is 2.48. The number of hydrogen-bond donors (Lipinski definition) is 0. The number of rotatable bonds is 3. The molecule has 0 N–H and O–H groups in total. The van der Waals surface area contributed by atoms with Gasteiger partial charge in [-0.05, 0) is 42.7 Å². The number of halogens is 4. The Hall–Kier alpha value is -2.64. The minimum absolute atomic E-state index is 0.0513. The maximum atomic E-state index is 13.3. The Morgan fingerprint density at radius 3 is 2.10 bits per heavy atom. The van der Waals surface area contributed by atoms with Crippen LogP contribution in [0.2, 0.25) is 0 Å². The fourth-order valence-corrected chi connectivity index (χ4v) is 4.11. The highest BCUT2D eigenvalue weighted by atomic mass is 19.4. The molecule has 29 heavy (non-hydrogen) atoms. The zero-order valence-electron chi connectivity index (χ0n) is 15.8. The molecule has 2 heterocycles. The van der Waals surface area contributed by atoms with Crippen molar-refractivity contribution < 1.29 is 22.4 Å². The average molecular weight is 407 g/mol. The van der Waals surface area contributed by atoms with Gasteiger partial charge in [0.2, 0.25) is 5.91 Å². The van der Waals surface area contributed by atoms with Gasteiger partial charge in [-0.15, -0.1) is 0 Å². The number of amides is 1. The number of hydrogen-bond acceptors (Lipinski definition) is 3. The number of carbonyl (C=O) groups is 1. The predicted octanol–water partition coefficient (Wildman–Crippen LogP) is 4.01. The van der Waals surface area contributed by atoms with E-state index >= 15 is 0 Å². The number of alkyl halides is 3. The lowest BCUT2D eigenvalue weighted by molar-refractivity contribution is -0.141. The minimum Gasteiger partial charge on any atom is -0.353 e. The molecule has 2 aliphatic rings. The van der Waals surface area contributed by atoms with E-state index in [1.807, 2.05) is 9.80 Å². The molecule has 0 radical (unpaired) electrons. The van der Waals surface area contributed by atoms with Crippen LogP contribution in [0.15, 0.2) is 42.6 Å². The summed E-state index contributed by atoms with van der Waals surface area (Å²) in [6, 6.07) is 8.54. The highest BCUT2D eigenvalue weighted by molar-refractivity contribution is 5.89. The van der Waals surface area contributed by atoms with Crippen molar-refractivity contribution in [1.82, 2.24) is 9.88 Å². The Morgan fingerprint density at radius 1 is 0.966 bits per heavy atom.